The van der Waals surface area contributed by atoms with Gasteiger partial charge in [0.25, 0.3) is 0 Å². The highest BCUT2D eigenvalue weighted by Crippen LogP contribution is 2.32. The highest BCUT2D eigenvalue weighted by molar-refractivity contribution is 14.1. The van der Waals surface area contributed by atoms with Gasteiger partial charge >= 0.3 is 10.2 Å². The molecule has 0 heterocycles. The molecular formula is C18H20F3IN4O2S. The molecule has 0 aliphatic heterocycles. The molecular weight excluding hydrogens is 520 g/mol. The molecule has 0 bridgehead atoms. The number of likely N-dealkylation sites (N-methyl/N-ethyl adjacent to an activating group) is 1. The third kappa shape index (κ3) is 6.32. The average molecular weight is 540 g/mol. The van der Waals surface area contributed by atoms with Gasteiger partial charge < -0.3 is 10.6 Å². The molecule has 0 aliphatic rings. The largest absolute Gasteiger partial charge is 0.349 e. The maximum absolute atomic E-state index is 14.4. The number of halogens is 4. The quantitative estimate of drug-likeness (QED) is 0.244. The first-order chi connectivity index (χ1) is 13.7. The van der Waals surface area contributed by atoms with Gasteiger partial charge in [-0.25, -0.2) is 13.2 Å². The Morgan fingerprint density at radius 1 is 1.14 bits per heavy atom. The molecule has 0 spiro atoms. The number of anilines is 3. The molecule has 0 saturated carbocycles. The van der Waals surface area contributed by atoms with E-state index in [1.165, 1.54) is 19.2 Å². The van der Waals surface area contributed by atoms with Crippen molar-refractivity contribution in [3.8, 4) is 0 Å². The molecule has 0 fully saturated rings. The molecule has 0 atom stereocenters. The van der Waals surface area contributed by atoms with E-state index in [9.17, 15) is 21.6 Å². The third-order valence-corrected chi connectivity index (χ3v) is 5.98. The van der Waals surface area contributed by atoms with E-state index in [-0.39, 0.29) is 17.9 Å². The van der Waals surface area contributed by atoms with Crippen LogP contribution >= 0.6 is 22.6 Å². The average Bonchev–Trinajstić information content (AvgIpc) is 2.66. The molecule has 2 aromatic carbocycles. The van der Waals surface area contributed by atoms with Crippen LogP contribution in [-0.4, -0.2) is 39.4 Å². The second kappa shape index (κ2) is 10.3. The SMILES string of the molecule is C=CCNCCN(C)S(=O)(=O)Nc1ccc(F)c(F)c1Nc1ccc(I)cc1F. The summed E-state index contributed by atoms with van der Waals surface area (Å²) in [5, 5.41) is 5.39. The van der Waals surface area contributed by atoms with E-state index < -0.39 is 33.3 Å². The summed E-state index contributed by atoms with van der Waals surface area (Å²) in [4.78, 5) is 0. The molecule has 0 saturated heterocycles. The highest BCUT2D eigenvalue weighted by atomic mass is 127. The summed E-state index contributed by atoms with van der Waals surface area (Å²) < 4.78 is 71.1. The summed E-state index contributed by atoms with van der Waals surface area (Å²) in [6.45, 7) is 4.55. The van der Waals surface area contributed by atoms with Gasteiger partial charge in [0.1, 0.15) is 11.5 Å². The van der Waals surface area contributed by atoms with E-state index in [4.69, 9.17) is 0 Å². The van der Waals surface area contributed by atoms with Crippen molar-refractivity contribution in [1.82, 2.24) is 9.62 Å². The summed E-state index contributed by atoms with van der Waals surface area (Å²) >= 11 is 1.90. The molecule has 29 heavy (non-hydrogen) atoms. The Hall–Kier alpha value is -1.83. The number of hydrogen-bond donors (Lipinski definition) is 3. The van der Waals surface area contributed by atoms with Gasteiger partial charge in [-0.05, 0) is 52.9 Å². The number of nitrogens with one attached hydrogen (secondary N) is 3. The van der Waals surface area contributed by atoms with Crippen LogP contribution in [-0.2, 0) is 10.2 Å². The van der Waals surface area contributed by atoms with Gasteiger partial charge in [0, 0.05) is 30.3 Å². The molecule has 0 aliphatic carbocycles. The van der Waals surface area contributed by atoms with Crippen molar-refractivity contribution in [3.63, 3.8) is 0 Å². The first-order valence-electron chi connectivity index (χ1n) is 8.41. The Morgan fingerprint density at radius 3 is 2.48 bits per heavy atom. The molecule has 6 nitrogen and oxygen atoms in total. The minimum atomic E-state index is -4.07. The first kappa shape index (κ1) is 23.4. The molecule has 11 heteroatoms. The molecule has 0 aromatic heterocycles. The Labute approximate surface area is 181 Å². The summed E-state index contributed by atoms with van der Waals surface area (Å²) in [5.74, 6) is -3.23. The van der Waals surface area contributed by atoms with Gasteiger partial charge in [0.2, 0.25) is 0 Å². The summed E-state index contributed by atoms with van der Waals surface area (Å²) in [7, 11) is -2.73. The maximum atomic E-state index is 14.4. The standard InChI is InChI=1S/C18H20F3IN4O2S/c1-3-8-23-9-10-26(2)29(27,28)25-16-7-5-13(19)17(21)18(16)24-15-6-4-12(22)11-14(15)20/h3-7,11,23-25H,1,8-10H2,2H3. The summed E-state index contributed by atoms with van der Waals surface area (Å²) in [5.41, 5.74) is -0.906. The predicted molar refractivity (Wildman–Crippen MR) is 117 cm³/mol. The lowest BCUT2D eigenvalue weighted by Gasteiger charge is -2.21. The van der Waals surface area contributed by atoms with E-state index in [2.05, 4.69) is 21.9 Å². The van der Waals surface area contributed by atoms with E-state index in [0.717, 1.165) is 16.4 Å². The van der Waals surface area contributed by atoms with Crippen LogP contribution in [0.5, 0.6) is 0 Å². The Bertz CT molecular complexity index is 989. The van der Waals surface area contributed by atoms with E-state index >= 15 is 0 Å². The molecule has 2 rings (SSSR count). The normalized spacial score (nSPS) is 11.5. The Kier molecular flexibility index (Phi) is 8.31. The van der Waals surface area contributed by atoms with Crippen LogP contribution in [0, 0.1) is 21.0 Å². The molecule has 0 radical (unpaired) electrons. The molecule has 0 unspecified atom stereocenters. The zero-order valence-electron chi connectivity index (χ0n) is 15.5. The zero-order valence-corrected chi connectivity index (χ0v) is 18.5. The Balaban J connectivity index is 2.28. The topological polar surface area (TPSA) is 73.5 Å². The third-order valence-electron chi connectivity index (χ3n) is 3.83. The second-order valence-corrected chi connectivity index (χ2v) is 8.98. The van der Waals surface area contributed by atoms with Crippen molar-refractivity contribution in [2.24, 2.45) is 0 Å². The van der Waals surface area contributed by atoms with Crippen molar-refractivity contribution < 1.29 is 21.6 Å². The van der Waals surface area contributed by atoms with Crippen LogP contribution < -0.4 is 15.4 Å². The predicted octanol–water partition coefficient (Wildman–Crippen LogP) is 3.82. The number of benzene rings is 2. The zero-order chi connectivity index (χ0) is 21.6. The van der Waals surface area contributed by atoms with Gasteiger partial charge in [0.05, 0.1) is 11.4 Å². The smallest absolute Gasteiger partial charge is 0.301 e. The van der Waals surface area contributed by atoms with Crippen LogP contribution in [0.4, 0.5) is 30.2 Å². The van der Waals surface area contributed by atoms with Crippen LogP contribution in [0.3, 0.4) is 0 Å². The van der Waals surface area contributed by atoms with Crippen molar-refractivity contribution in [1.29, 1.82) is 0 Å². The van der Waals surface area contributed by atoms with Crippen molar-refractivity contribution in [2.45, 2.75) is 0 Å². The molecule has 0 amide bonds. The Morgan fingerprint density at radius 2 is 1.83 bits per heavy atom. The van der Waals surface area contributed by atoms with Gasteiger partial charge in [-0.2, -0.15) is 12.7 Å². The fraction of sp³-hybridized carbons (Fsp3) is 0.222. The highest BCUT2D eigenvalue weighted by Gasteiger charge is 2.22. The first-order valence-corrected chi connectivity index (χ1v) is 10.9. The van der Waals surface area contributed by atoms with E-state index in [0.29, 0.717) is 16.7 Å². The maximum Gasteiger partial charge on any atom is 0.301 e. The van der Waals surface area contributed by atoms with Crippen LogP contribution in [0.25, 0.3) is 0 Å². The summed E-state index contributed by atoms with van der Waals surface area (Å²) in [6.07, 6.45) is 1.63. The van der Waals surface area contributed by atoms with Gasteiger partial charge in [-0.3, -0.25) is 4.72 Å². The summed E-state index contributed by atoms with van der Waals surface area (Å²) in [6, 6.07) is 5.96. The van der Waals surface area contributed by atoms with Gasteiger partial charge in [-0.15, -0.1) is 6.58 Å². The number of nitrogens with zero attached hydrogens (tertiary/aromatic N) is 1. The minimum absolute atomic E-state index is 0.126. The lowest BCUT2D eigenvalue weighted by molar-refractivity contribution is 0.467. The van der Waals surface area contributed by atoms with E-state index in [1.807, 2.05) is 22.6 Å². The van der Waals surface area contributed by atoms with E-state index in [1.54, 1.807) is 12.1 Å². The van der Waals surface area contributed by atoms with Crippen LogP contribution in [0.1, 0.15) is 0 Å². The number of rotatable bonds is 10. The molecule has 3 N–H and O–H groups in total. The van der Waals surface area contributed by atoms with Gasteiger partial charge in [-0.1, -0.05) is 6.08 Å². The molecule has 158 valence electrons. The monoisotopic (exact) mass is 540 g/mol. The van der Waals surface area contributed by atoms with Crippen LogP contribution in [0.15, 0.2) is 43.0 Å². The van der Waals surface area contributed by atoms with Crippen LogP contribution in [0.2, 0.25) is 0 Å². The number of hydrogen-bond acceptors (Lipinski definition) is 4. The van der Waals surface area contributed by atoms with Gasteiger partial charge in [0.15, 0.2) is 11.6 Å². The second-order valence-electron chi connectivity index (χ2n) is 5.95. The lowest BCUT2D eigenvalue weighted by atomic mass is 10.2. The molecule has 2 aromatic rings. The fourth-order valence-corrected chi connectivity index (χ4v) is 3.65. The van der Waals surface area contributed by atoms with Crippen molar-refractivity contribution in [2.75, 3.05) is 36.7 Å². The van der Waals surface area contributed by atoms with Crippen molar-refractivity contribution >= 4 is 49.9 Å². The lowest BCUT2D eigenvalue weighted by Crippen LogP contribution is -2.37. The fourth-order valence-electron chi connectivity index (χ4n) is 2.26. The minimum Gasteiger partial charge on any atom is -0.349 e. The van der Waals surface area contributed by atoms with Crippen molar-refractivity contribution in [3.05, 3.63) is 64.0 Å².